The molecule has 0 aliphatic rings. The average molecular weight is 224 g/mol. The van der Waals surface area contributed by atoms with Gasteiger partial charge in [-0.2, -0.15) is 0 Å². The van der Waals surface area contributed by atoms with Crippen LogP contribution in [0.3, 0.4) is 0 Å². The molecule has 0 aromatic carbocycles. The smallest absolute Gasteiger partial charge is 0.283 e. The predicted octanol–water partition coefficient (Wildman–Crippen LogP) is 3.65. The molecule has 0 spiro atoms. The molecule has 1 heterocycles. The van der Waals surface area contributed by atoms with E-state index in [4.69, 9.17) is 16.0 Å². The Morgan fingerprint density at radius 1 is 1.43 bits per heavy atom. The maximum Gasteiger partial charge on any atom is 0.283 e. The summed E-state index contributed by atoms with van der Waals surface area (Å²) in [7, 11) is 0. The number of halogens is 3. The Kier molecular flexibility index (Phi) is 3.14. The summed E-state index contributed by atoms with van der Waals surface area (Å²) in [5.41, 5.74) is -0.724. The standard InChI is InChI=1S/C9H12ClF2NO/c1-9(2,3)8-13-6(7(11)12)5(4-10)14-8/h7H,4H2,1-3H3. The summed E-state index contributed by atoms with van der Waals surface area (Å²) in [5.74, 6) is 0.276. The van der Waals surface area contributed by atoms with E-state index in [1.807, 2.05) is 20.8 Å². The van der Waals surface area contributed by atoms with Crippen LogP contribution >= 0.6 is 11.6 Å². The van der Waals surface area contributed by atoms with Gasteiger partial charge in [-0.1, -0.05) is 20.8 Å². The van der Waals surface area contributed by atoms with Crippen LogP contribution in [0.5, 0.6) is 0 Å². The highest BCUT2D eigenvalue weighted by molar-refractivity contribution is 6.16. The Morgan fingerprint density at radius 3 is 2.29 bits per heavy atom. The van der Waals surface area contributed by atoms with Crippen molar-refractivity contribution < 1.29 is 13.2 Å². The second-order valence-electron chi connectivity index (χ2n) is 4.01. The lowest BCUT2D eigenvalue weighted by Gasteiger charge is -2.11. The molecule has 0 bridgehead atoms. The summed E-state index contributed by atoms with van der Waals surface area (Å²) in [4.78, 5) is 3.75. The first-order valence-electron chi connectivity index (χ1n) is 4.20. The van der Waals surface area contributed by atoms with Crippen molar-refractivity contribution >= 4 is 11.6 Å². The molecule has 0 saturated carbocycles. The summed E-state index contributed by atoms with van der Waals surface area (Å²) in [6, 6.07) is 0. The van der Waals surface area contributed by atoms with Crippen LogP contribution in [0.4, 0.5) is 8.78 Å². The van der Waals surface area contributed by atoms with E-state index in [9.17, 15) is 8.78 Å². The zero-order valence-electron chi connectivity index (χ0n) is 8.27. The fourth-order valence-electron chi connectivity index (χ4n) is 0.951. The first-order chi connectivity index (χ1) is 6.36. The molecule has 1 rings (SSSR count). The molecule has 0 amide bonds. The van der Waals surface area contributed by atoms with Crippen molar-refractivity contribution in [3.8, 4) is 0 Å². The van der Waals surface area contributed by atoms with Crippen molar-refractivity contribution in [2.24, 2.45) is 0 Å². The van der Waals surface area contributed by atoms with Crippen molar-refractivity contribution in [3.63, 3.8) is 0 Å². The van der Waals surface area contributed by atoms with Crippen LogP contribution in [-0.2, 0) is 11.3 Å². The molecule has 1 aromatic rings. The Hall–Kier alpha value is -0.640. The topological polar surface area (TPSA) is 26.0 Å². The van der Waals surface area contributed by atoms with Crippen molar-refractivity contribution in [1.82, 2.24) is 4.98 Å². The van der Waals surface area contributed by atoms with Gasteiger partial charge in [-0.05, 0) is 0 Å². The van der Waals surface area contributed by atoms with E-state index in [0.717, 1.165) is 0 Å². The second-order valence-corrected chi connectivity index (χ2v) is 4.28. The van der Waals surface area contributed by atoms with E-state index in [1.54, 1.807) is 0 Å². The molecule has 0 aliphatic heterocycles. The summed E-state index contributed by atoms with van der Waals surface area (Å²) < 4.78 is 30.0. The number of rotatable bonds is 2. The molecule has 14 heavy (non-hydrogen) atoms. The third-order valence-electron chi connectivity index (χ3n) is 1.70. The minimum Gasteiger partial charge on any atom is -0.443 e. The van der Waals surface area contributed by atoms with Crippen LogP contribution in [-0.4, -0.2) is 4.98 Å². The molecule has 0 radical (unpaired) electrons. The molecule has 5 heteroatoms. The normalized spacial score (nSPS) is 12.5. The number of alkyl halides is 3. The van der Waals surface area contributed by atoms with Crippen LogP contribution in [0, 0.1) is 0 Å². The third-order valence-corrected chi connectivity index (χ3v) is 1.94. The Bertz CT molecular complexity index is 317. The highest BCUT2D eigenvalue weighted by Crippen LogP contribution is 2.29. The van der Waals surface area contributed by atoms with Crippen LogP contribution in [0.15, 0.2) is 4.42 Å². The Morgan fingerprint density at radius 2 is 2.00 bits per heavy atom. The summed E-state index contributed by atoms with van der Waals surface area (Å²) in [6.07, 6.45) is -2.64. The molecule has 1 aromatic heterocycles. The van der Waals surface area contributed by atoms with Crippen molar-refractivity contribution in [1.29, 1.82) is 0 Å². The van der Waals surface area contributed by atoms with Crippen molar-refractivity contribution in [3.05, 3.63) is 17.3 Å². The van der Waals surface area contributed by atoms with E-state index >= 15 is 0 Å². The molecular formula is C9H12ClF2NO. The van der Waals surface area contributed by atoms with Crippen molar-refractivity contribution in [2.45, 2.75) is 38.5 Å². The summed E-state index contributed by atoms with van der Waals surface area (Å²) in [5, 5.41) is 0. The van der Waals surface area contributed by atoms with Gasteiger partial charge in [0.05, 0.1) is 5.88 Å². The van der Waals surface area contributed by atoms with Gasteiger partial charge in [0.2, 0.25) is 0 Å². The van der Waals surface area contributed by atoms with Gasteiger partial charge in [-0.3, -0.25) is 0 Å². The van der Waals surface area contributed by atoms with Crippen molar-refractivity contribution in [2.75, 3.05) is 0 Å². The summed E-state index contributed by atoms with van der Waals surface area (Å²) >= 11 is 5.47. The molecule has 0 aliphatic carbocycles. The number of hydrogen-bond donors (Lipinski definition) is 0. The van der Waals surface area contributed by atoms with Gasteiger partial charge in [0.25, 0.3) is 6.43 Å². The zero-order chi connectivity index (χ0) is 10.9. The molecule has 2 nitrogen and oxygen atoms in total. The van der Waals surface area contributed by atoms with Gasteiger partial charge in [-0.15, -0.1) is 11.6 Å². The molecule has 0 fully saturated rings. The van der Waals surface area contributed by atoms with Crippen LogP contribution < -0.4 is 0 Å². The van der Waals surface area contributed by atoms with E-state index in [-0.39, 0.29) is 22.7 Å². The Balaban J connectivity index is 3.13. The largest absolute Gasteiger partial charge is 0.443 e. The molecule has 0 N–H and O–H groups in total. The lowest BCUT2D eigenvalue weighted by atomic mass is 9.97. The monoisotopic (exact) mass is 223 g/mol. The van der Waals surface area contributed by atoms with Gasteiger partial charge < -0.3 is 4.42 Å². The van der Waals surface area contributed by atoms with E-state index < -0.39 is 6.43 Å². The van der Waals surface area contributed by atoms with Gasteiger partial charge in [-0.25, -0.2) is 13.8 Å². The number of aromatic nitrogens is 1. The molecule has 0 unspecified atom stereocenters. The van der Waals surface area contributed by atoms with Gasteiger partial charge in [0.15, 0.2) is 5.89 Å². The van der Waals surface area contributed by atoms with Crippen LogP contribution in [0.25, 0.3) is 0 Å². The van der Waals surface area contributed by atoms with Gasteiger partial charge in [0, 0.05) is 5.41 Å². The van der Waals surface area contributed by atoms with Crippen LogP contribution in [0.2, 0.25) is 0 Å². The van der Waals surface area contributed by atoms with E-state index in [1.165, 1.54) is 0 Å². The molecule has 80 valence electrons. The Labute approximate surface area is 86.3 Å². The van der Waals surface area contributed by atoms with Gasteiger partial charge in [0.1, 0.15) is 11.5 Å². The third kappa shape index (κ3) is 2.23. The highest BCUT2D eigenvalue weighted by Gasteiger charge is 2.26. The minimum absolute atomic E-state index is 0.0617. The SMILES string of the molecule is CC(C)(C)c1nc(C(F)F)c(CCl)o1. The molecular weight excluding hydrogens is 212 g/mol. The lowest BCUT2D eigenvalue weighted by molar-refractivity contribution is 0.144. The van der Waals surface area contributed by atoms with Gasteiger partial charge >= 0.3 is 0 Å². The van der Waals surface area contributed by atoms with Crippen LogP contribution in [0.1, 0.15) is 44.5 Å². The lowest BCUT2D eigenvalue weighted by Crippen LogP contribution is -2.11. The first-order valence-corrected chi connectivity index (χ1v) is 4.74. The van der Waals surface area contributed by atoms with E-state index in [2.05, 4.69) is 4.98 Å². The number of oxazole rings is 1. The molecule has 0 saturated heterocycles. The zero-order valence-corrected chi connectivity index (χ0v) is 9.03. The fourth-order valence-corrected chi connectivity index (χ4v) is 1.14. The minimum atomic E-state index is -2.64. The maximum atomic E-state index is 12.4. The quantitative estimate of drug-likeness (QED) is 0.716. The fraction of sp³-hybridized carbons (Fsp3) is 0.667. The summed E-state index contributed by atoms with van der Waals surface area (Å²) in [6.45, 7) is 5.52. The predicted molar refractivity (Wildman–Crippen MR) is 49.7 cm³/mol. The number of nitrogens with zero attached hydrogens (tertiary/aromatic N) is 1. The number of hydrogen-bond acceptors (Lipinski definition) is 2. The maximum absolute atomic E-state index is 12.4. The highest BCUT2D eigenvalue weighted by atomic mass is 35.5. The van der Waals surface area contributed by atoms with E-state index in [0.29, 0.717) is 5.89 Å². The molecule has 0 atom stereocenters. The first kappa shape index (κ1) is 11.4. The second kappa shape index (κ2) is 3.85. The average Bonchev–Trinajstić information content (AvgIpc) is 2.45.